The predicted molar refractivity (Wildman–Crippen MR) is 140 cm³/mol. The van der Waals surface area contributed by atoms with Crippen LogP contribution in [0.4, 0.5) is 18.0 Å². The van der Waals surface area contributed by atoms with Gasteiger partial charge in [-0.05, 0) is 53.6 Å². The molecule has 1 fully saturated rings. The molecule has 0 bridgehead atoms. The molecule has 0 unspecified atom stereocenters. The molecule has 3 amide bonds. The molecule has 1 saturated heterocycles. The van der Waals surface area contributed by atoms with Crippen molar-refractivity contribution in [1.29, 1.82) is 0 Å². The van der Waals surface area contributed by atoms with Gasteiger partial charge in [0.25, 0.3) is 0 Å². The van der Waals surface area contributed by atoms with Crippen LogP contribution in [0.25, 0.3) is 0 Å². The molecular weight excluding hydrogens is 491 g/mol. The molecule has 38 heavy (non-hydrogen) atoms. The van der Waals surface area contributed by atoms with Crippen LogP contribution < -0.4 is 10.6 Å². The Labute approximate surface area is 221 Å². The van der Waals surface area contributed by atoms with E-state index in [-0.39, 0.29) is 31.1 Å². The molecule has 0 radical (unpaired) electrons. The summed E-state index contributed by atoms with van der Waals surface area (Å²) in [7, 11) is 0. The number of likely N-dealkylation sites (tertiary alicyclic amines) is 1. The van der Waals surface area contributed by atoms with Crippen LogP contribution in [0.3, 0.4) is 0 Å². The normalized spacial score (nSPS) is 17.6. The van der Waals surface area contributed by atoms with E-state index >= 15 is 0 Å². The van der Waals surface area contributed by atoms with E-state index in [0.717, 1.165) is 29.7 Å². The minimum atomic E-state index is -4.44. The van der Waals surface area contributed by atoms with E-state index in [1.807, 2.05) is 42.5 Å². The van der Waals surface area contributed by atoms with Gasteiger partial charge in [0.2, 0.25) is 5.91 Å². The highest BCUT2D eigenvalue weighted by Gasteiger charge is 2.36. The van der Waals surface area contributed by atoms with Crippen molar-refractivity contribution >= 4 is 11.9 Å². The number of hydrogen-bond donors (Lipinski definition) is 2. The molecular formula is C30H32F3N3O2. The van der Waals surface area contributed by atoms with Gasteiger partial charge in [0.1, 0.15) is 0 Å². The van der Waals surface area contributed by atoms with Crippen LogP contribution in [0.2, 0.25) is 0 Å². The first kappa shape index (κ1) is 27.2. The van der Waals surface area contributed by atoms with Gasteiger partial charge in [-0.15, -0.1) is 0 Å². The van der Waals surface area contributed by atoms with Crippen LogP contribution in [0.5, 0.6) is 0 Å². The Morgan fingerprint density at radius 1 is 0.842 bits per heavy atom. The molecule has 8 heteroatoms. The lowest BCUT2D eigenvalue weighted by molar-refractivity contribution is -0.137. The maximum absolute atomic E-state index is 13.3. The number of nitrogens with zero attached hydrogens (tertiary/aromatic N) is 1. The Hall–Kier alpha value is -3.81. The van der Waals surface area contributed by atoms with E-state index in [1.165, 1.54) is 11.6 Å². The van der Waals surface area contributed by atoms with Crippen molar-refractivity contribution in [2.45, 2.75) is 51.5 Å². The van der Waals surface area contributed by atoms with Gasteiger partial charge in [-0.25, -0.2) is 4.79 Å². The van der Waals surface area contributed by atoms with Crippen molar-refractivity contribution in [3.63, 3.8) is 0 Å². The van der Waals surface area contributed by atoms with E-state index in [9.17, 15) is 22.8 Å². The fourth-order valence-corrected chi connectivity index (χ4v) is 4.80. The van der Waals surface area contributed by atoms with Crippen molar-refractivity contribution in [3.8, 4) is 0 Å². The van der Waals surface area contributed by atoms with E-state index in [2.05, 4.69) is 29.7 Å². The number of alkyl halides is 3. The number of piperidine rings is 1. The predicted octanol–water partition coefficient (Wildman–Crippen LogP) is 6.25. The van der Waals surface area contributed by atoms with Crippen molar-refractivity contribution in [3.05, 3.63) is 107 Å². The number of carbonyl (C=O) groups excluding carboxylic acids is 2. The second kappa shape index (κ2) is 12.2. The molecule has 0 spiro atoms. The zero-order valence-electron chi connectivity index (χ0n) is 21.3. The summed E-state index contributed by atoms with van der Waals surface area (Å²) in [6.45, 7) is 2.65. The summed E-state index contributed by atoms with van der Waals surface area (Å²) < 4.78 is 39.1. The summed E-state index contributed by atoms with van der Waals surface area (Å²) in [4.78, 5) is 28.1. The topological polar surface area (TPSA) is 61.4 Å². The SMILES string of the molecule is CCc1ccc([C@@H]2CC[C@H](C(=O)NCc3cccc(C(F)(F)F)c3)CN2C(=O)NCc2ccccc2)cc1. The van der Waals surface area contributed by atoms with Crippen molar-refractivity contribution in [2.24, 2.45) is 5.92 Å². The molecule has 1 aliphatic rings. The van der Waals surface area contributed by atoms with Gasteiger partial charge in [0.15, 0.2) is 0 Å². The molecule has 3 aromatic rings. The number of halogens is 3. The second-order valence-electron chi connectivity index (χ2n) is 9.60. The van der Waals surface area contributed by atoms with Crippen LogP contribution in [0.1, 0.15) is 53.6 Å². The molecule has 2 N–H and O–H groups in total. The Morgan fingerprint density at radius 2 is 1.53 bits per heavy atom. The van der Waals surface area contributed by atoms with Crippen molar-refractivity contribution < 1.29 is 22.8 Å². The molecule has 1 heterocycles. The highest BCUT2D eigenvalue weighted by molar-refractivity contribution is 5.81. The fourth-order valence-electron chi connectivity index (χ4n) is 4.80. The van der Waals surface area contributed by atoms with Crippen LogP contribution in [0, 0.1) is 5.92 Å². The van der Waals surface area contributed by atoms with E-state index in [0.29, 0.717) is 24.9 Å². The molecule has 2 atom stereocenters. The number of amides is 3. The fraction of sp³-hybridized carbons (Fsp3) is 0.333. The molecule has 200 valence electrons. The number of hydrogen-bond acceptors (Lipinski definition) is 2. The molecule has 4 rings (SSSR count). The minimum Gasteiger partial charge on any atom is -0.352 e. The third-order valence-electron chi connectivity index (χ3n) is 6.99. The largest absolute Gasteiger partial charge is 0.416 e. The van der Waals surface area contributed by atoms with Crippen molar-refractivity contribution in [1.82, 2.24) is 15.5 Å². The lowest BCUT2D eigenvalue weighted by Gasteiger charge is -2.39. The van der Waals surface area contributed by atoms with Crippen LogP contribution in [-0.4, -0.2) is 23.4 Å². The quantitative estimate of drug-likeness (QED) is 0.385. The van der Waals surface area contributed by atoms with Crippen LogP contribution in [0.15, 0.2) is 78.9 Å². The average Bonchev–Trinajstić information content (AvgIpc) is 2.94. The summed E-state index contributed by atoms with van der Waals surface area (Å²) in [6, 6.07) is 22.3. The third kappa shape index (κ3) is 6.94. The van der Waals surface area contributed by atoms with Gasteiger partial charge in [-0.2, -0.15) is 13.2 Å². The Balaban J connectivity index is 1.45. The first-order chi connectivity index (χ1) is 18.2. The molecule has 3 aromatic carbocycles. The smallest absolute Gasteiger partial charge is 0.352 e. The van der Waals surface area contributed by atoms with E-state index in [1.54, 1.807) is 11.0 Å². The van der Waals surface area contributed by atoms with Gasteiger partial charge >= 0.3 is 12.2 Å². The molecule has 0 saturated carbocycles. The van der Waals surface area contributed by atoms with Crippen LogP contribution in [-0.2, 0) is 30.5 Å². The van der Waals surface area contributed by atoms with Gasteiger partial charge in [0.05, 0.1) is 17.5 Å². The highest BCUT2D eigenvalue weighted by atomic mass is 19.4. The Morgan fingerprint density at radius 3 is 2.21 bits per heavy atom. The third-order valence-corrected chi connectivity index (χ3v) is 6.99. The number of urea groups is 1. The van der Waals surface area contributed by atoms with Crippen molar-refractivity contribution in [2.75, 3.05) is 6.54 Å². The van der Waals surface area contributed by atoms with E-state index in [4.69, 9.17) is 0 Å². The van der Waals surface area contributed by atoms with E-state index < -0.39 is 17.7 Å². The lowest BCUT2D eigenvalue weighted by Crippen LogP contribution is -2.50. The molecule has 5 nitrogen and oxygen atoms in total. The standard InChI is InChI=1S/C30H32F3N3O2/c1-2-21-11-13-24(14-12-21)27-16-15-25(20-36(27)29(38)35-18-22-7-4-3-5-8-22)28(37)34-19-23-9-6-10-26(17-23)30(31,32)33/h3-14,17,25,27H,2,15-16,18-20H2,1H3,(H,34,37)(H,35,38)/t25-,27-/m0/s1. The zero-order valence-corrected chi connectivity index (χ0v) is 21.3. The number of aryl methyl sites for hydroxylation is 1. The monoisotopic (exact) mass is 523 g/mol. The first-order valence-electron chi connectivity index (χ1n) is 12.9. The zero-order chi connectivity index (χ0) is 27.1. The number of carbonyl (C=O) groups is 2. The maximum Gasteiger partial charge on any atom is 0.416 e. The minimum absolute atomic E-state index is 0.0125. The van der Waals surface area contributed by atoms with Gasteiger partial charge < -0.3 is 15.5 Å². The highest BCUT2D eigenvalue weighted by Crippen LogP contribution is 2.34. The summed E-state index contributed by atoms with van der Waals surface area (Å²) in [5.41, 5.74) is 2.81. The van der Waals surface area contributed by atoms with Crippen LogP contribution >= 0.6 is 0 Å². The summed E-state index contributed by atoms with van der Waals surface area (Å²) in [5, 5.41) is 5.75. The average molecular weight is 524 g/mol. The molecule has 1 aliphatic heterocycles. The number of nitrogens with one attached hydrogen (secondary N) is 2. The van der Waals surface area contributed by atoms with Gasteiger partial charge in [0, 0.05) is 19.6 Å². The molecule has 0 aromatic heterocycles. The van der Waals surface area contributed by atoms with Gasteiger partial charge in [-0.1, -0.05) is 73.7 Å². The Kier molecular flexibility index (Phi) is 8.71. The lowest BCUT2D eigenvalue weighted by atomic mass is 9.88. The maximum atomic E-state index is 13.3. The molecule has 0 aliphatic carbocycles. The Bertz CT molecular complexity index is 1230. The summed E-state index contributed by atoms with van der Waals surface area (Å²) in [5.74, 6) is -0.738. The summed E-state index contributed by atoms with van der Waals surface area (Å²) >= 11 is 0. The number of rotatable bonds is 7. The second-order valence-corrected chi connectivity index (χ2v) is 9.60. The van der Waals surface area contributed by atoms with Gasteiger partial charge in [-0.3, -0.25) is 4.79 Å². The number of benzene rings is 3. The first-order valence-corrected chi connectivity index (χ1v) is 12.9. The summed E-state index contributed by atoms with van der Waals surface area (Å²) in [6.07, 6.45) is -2.36.